The minimum atomic E-state index is -1.14. The fourth-order valence-corrected chi connectivity index (χ4v) is 7.38. The lowest BCUT2D eigenvalue weighted by Gasteiger charge is -2.46. The summed E-state index contributed by atoms with van der Waals surface area (Å²) >= 11 is 1.42. The molecule has 0 aromatic rings. The Bertz CT molecular complexity index is 815. The maximum Gasteiger partial charge on any atom is 0.353 e. The predicted molar refractivity (Wildman–Crippen MR) is 107 cm³/mol. The van der Waals surface area contributed by atoms with E-state index in [0.717, 1.165) is 0 Å². The maximum atomic E-state index is 12.6. The summed E-state index contributed by atoms with van der Waals surface area (Å²) in [4.78, 5) is 40.5. The molecule has 160 valence electrons. The van der Waals surface area contributed by atoms with E-state index in [4.69, 9.17) is 0 Å². The quantitative estimate of drug-likeness (QED) is 0.469. The third kappa shape index (κ3) is 3.41. The first-order valence-electron chi connectivity index (χ1n) is 9.73. The number of fused-ring (bicyclic) bond motifs is 1. The fourth-order valence-electron chi connectivity index (χ4n) is 4.75. The van der Waals surface area contributed by atoms with Crippen LogP contribution in [0.15, 0.2) is 10.6 Å². The number of carbonyl (C=O) groups excluding carboxylic acids is 2. The van der Waals surface area contributed by atoms with Crippen molar-refractivity contribution >= 4 is 40.3 Å². The van der Waals surface area contributed by atoms with Crippen LogP contribution in [0.4, 0.5) is 0 Å². The highest BCUT2D eigenvalue weighted by Gasteiger charge is 2.60. The standard InChI is InChI=1S/C18H25N3O6S2/c1-8-13-12(9(2)22)17(24)21(13)14(18(25)26)15(8)28-10-5-11(19-6-10)16(23)20-3-4-29(27)7-20/h8-13,19,22H,3-7H2,1-2H3,(H,25,26)/t8-,9-,10+,11+,12-,13-,29?/m1/s1. The largest absolute Gasteiger partial charge is 0.477 e. The lowest BCUT2D eigenvalue weighted by molar-refractivity contribution is -0.163. The molecule has 4 rings (SSSR count). The van der Waals surface area contributed by atoms with Crippen molar-refractivity contribution in [3.05, 3.63) is 10.6 Å². The maximum absolute atomic E-state index is 12.6. The first-order valence-corrected chi connectivity index (χ1v) is 12.1. The van der Waals surface area contributed by atoms with E-state index in [9.17, 15) is 28.8 Å². The number of amides is 2. The van der Waals surface area contributed by atoms with E-state index in [0.29, 0.717) is 30.2 Å². The number of β-lactam (4-membered cyclic amide) rings is 1. The lowest BCUT2D eigenvalue weighted by atomic mass is 9.79. The van der Waals surface area contributed by atoms with Crippen LogP contribution in [-0.2, 0) is 25.2 Å². The summed E-state index contributed by atoms with van der Waals surface area (Å²) in [7, 11) is -0.971. The van der Waals surface area contributed by atoms with Gasteiger partial charge < -0.3 is 25.3 Å². The van der Waals surface area contributed by atoms with Crippen molar-refractivity contribution in [2.75, 3.05) is 24.7 Å². The molecule has 2 amide bonds. The van der Waals surface area contributed by atoms with E-state index < -0.39 is 28.8 Å². The number of aliphatic hydroxyl groups is 1. The topological polar surface area (TPSA) is 127 Å². The second kappa shape index (κ2) is 7.68. The molecule has 3 saturated heterocycles. The zero-order valence-electron chi connectivity index (χ0n) is 16.2. The van der Waals surface area contributed by atoms with E-state index in [-0.39, 0.29) is 46.6 Å². The van der Waals surface area contributed by atoms with Crippen LogP contribution in [0.3, 0.4) is 0 Å². The van der Waals surface area contributed by atoms with E-state index in [1.165, 1.54) is 16.7 Å². The number of hydrogen-bond donors (Lipinski definition) is 3. The summed E-state index contributed by atoms with van der Waals surface area (Å²) in [5, 5.41) is 22.8. The number of rotatable bonds is 5. The smallest absolute Gasteiger partial charge is 0.353 e. The molecule has 0 saturated carbocycles. The Morgan fingerprint density at radius 1 is 1.38 bits per heavy atom. The van der Waals surface area contributed by atoms with Crippen molar-refractivity contribution in [3.63, 3.8) is 0 Å². The van der Waals surface area contributed by atoms with Crippen molar-refractivity contribution in [3.8, 4) is 0 Å². The summed E-state index contributed by atoms with van der Waals surface area (Å²) in [6, 6.07) is -0.695. The number of nitrogens with one attached hydrogen (secondary N) is 1. The van der Waals surface area contributed by atoms with Crippen LogP contribution >= 0.6 is 11.8 Å². The number of nitrogens with zero attached hydrogens (tertiary/aromatic N) is 2. The Labute approximate surface area is 175 Å². The number of aliphatic hydroxyl groups excluding tert-OH is 1. The molecule has 3 fully saturated rings. The minimum Gasteiger partial charge on any atom is -0.477 e. The van der Waals surface area contributed by atoms with Crippen molar-refractivity contribution in [1.29, 1.82) is 0 Å². The molecule has 11 heteroatoms. The Balaban J connectivity index is 1.46. The molecule has 3 N–H and O–H groups in total. The lowest BCUT2D eigenvalue weighted by Crippen LogP contribution is -2.63. The van der Waals surface area contributed by atoms with Gasteiger partial charge in [-0.3, -0.25) is 13.8 Å². The average Bonchev–Trinajstić information content (AvgIpc) is 3.33. The summed E-state index contributed by atoms with van der Waals surface area (Å²) in [6.45, 7) is 4.51. The number of thioether (sulfide) groups is 1. The molecule has 7 atom stereocenters. The number of aliphatic carboxylic acids is 1. The van der Waals surface area contributed by atoms with Crippen LogP contribution in [0, 0.1) is 11.8 Å². The normalized spacial score (nSPS) is 37.7. The molecule has 0 aromatic carbocycles. The van der Waals surface area contributed by atoms with Gasteiger partial charge in [-0.2, -0.15) is 0 Å². The van der Waals surface area contributed by atoms with Crippen LogP contribution in [-0.4, -0.2) is 90.2 Å². The predicted octanol–water partition coefficient (Wildman–Crippen LogP) is -0.848. The van der Waals surface area contributed by atoms with Gasteiger partial charge in [0, 0.05) is 45.7 Å². The second-order valence-electron chi connectivity index (χ2n) is 8.08. The van der Waals surface area contributed by atoms with Crippen LogP contribution in [0.1, 0.15) is 20.3 Å². The summed E-state index contributed by atoms with van der Waals surface area (Å²) in [5.41, 5.74) is 0.0131. The van der Waals surface area contributed by atoms with Crippen LogP contribution in [0.2, 0.25) is 0 Å². The van der Waals surface area contributed by atoms with E-state index in [1.54, 1.807) is 11.8 Å². The van der Waals surface area contributed by atoms with Gasteiger partial charge >= 0.3 is 5.97 Å². The van der Waals surface area contributed by atoms with Gasteiger partial charge in [-0.1, -0.05) is 6.92 Å². The average molecular weight is 444 g/mol. The highest BCUT2D eigenvalue weighted by molar-refractivity contribution is 8.03. The number of carboxylic acids is 1. The monoisotopic (exact) mass is 443 g/mol. The zero-order chi connectivity index (χ0) is 21.0. The molecule has 4 aliphatic rings. The van der Waals surface area contributed by atoms with Gasteiger partial charge in [0.1, 0.15) is 5.70 Å². The third-order valence-electron chi connectivity index (χ3n) is 6.19. The van der Waals surface area contributed by atoms with Crippen molar-refractivity contribution in [2.45, 2.75) is 43.7 Å². The van der Waals surface area contributed by atoms with Crippen LogP contribution in [0.25, 0.3) is 0 Å². The molecule has 0 aromatic heterocycles. The first-order chi connectivity index (χ1) is 13.7. The Kier molecular flexibility index (Phi) is 5.51. The van der Waals surface area contributed by atoms with E-state index in [1.807, 2.05) is 6.92 Å². The van der Waals surface area contributed by atoms with Gasteiger partial charge in [-0.15, -0.1) is 11.8 Å². The first kappa shape index (κ1) is 20.8. The highest BCUT2D eigenvalue weighted by atomic mass is 32.2. The molecule has 4 aliphatic heterocycles. The summed E-state index contributed by atoms with van der Waals surface area (Å²) in [5.74, 6) is -1.51. The fraction of sp³-hybridized carbons (Fsp3) is 0.722. The molecular weight excluding hydrogens is 418 g/mol. The van der Waals surface area contributed by atoms with Crippen molar-refractivity contribution in [2.24, 2.45) is 11.8 Å². The molecule has 9 nitrogen and oxygen atoms in total. The van der Waals surface area contributed by atoms with Gasteiger partial charge in [0.15, 0.2) is 0 Å². The van der Waals surface area contributed by atoms with E-state index in [2.05, 4.69) is 5.32 Å². The Morgan fingerprint density at radius 3 is 2.69 bits per heavy atom. The number of carboxylic acid groups (broad SMARTS) is 1. The molecule has 1 unspecified atom stereocenters. The van der Waals surface area contributed by atoms with Crippen molar-refractivity contribution in [1.82, 2.24) is 15.1 Å². The third-order valence-corrected chi connectivity index (χ3v) is 8.94. The Hall–Kier alpha value is -1.43. The van der Waals surface area contributed by atoms with Crippen LogP contribution < -0.4 is 5.32 Å². The van der Waals surface area contributed by atoms with Crippen molar-refractivity contribution < 1.29 is 28.8 Å². The van der Waals surface area contributed by atoms with Gasteiger partial charge in [0.25, 0.3) is 0 Å². The summed E-state index contributed by atoms with van der Waals surface area (Å²) < 4.78 is 11.6. The van der Waals surface area contributed by atoms with Crippen LogP contribution in [0.5, 0.6) is 0 Å². The minimum absolute atomic E-state index is 0.00246. The second-order valence-corrected chi connectivity index (χ2v) is 11.0. The molecule has 0 radical (unpaired) electrons. The molecule has 4 heterocycles. The van der Waals surface area contributed by atoms with Gasteiger partial charge in [0.05, 0.1) is 30.0 Å². The van der Waals surface area contributed by atoms with Gasteiger partial charge in [0.2, 0.25) is 11.8 Å². The SMILES string of the molecule is C[C@@H](O)[C@H]1C(=O)N2C(C(=O)O)=C(S[C@@H]3CN[C@H](C(=O)N4CCS(=O)C4)C3)[C@H](C)[C@H]12. The highest BCUT2D eigenvalue weighted by Crippen LogP contribution is 2.51. The van der Waals surface area contributed by atoms with E-state index >= 15 is 0 Å². The molecule has 0 aliphatic carbocycles. The molecule has 29 heavy (non-hydrogen) atoms. The zero-order valence-corrected chi connectivity index (χ0v) is 17.9. The Morgan fingerprint density at radius 2 is 2.10 bits per heavy atom. The molecule has 0 spiro atoms. The number of carbonyl (C=O) groups is 3. The number of hydrogen-bond acceptors (Lipinski definition) is 7. The van der Waals surface area contributed by atoms with Gasteiger partial charge in [-0.05, 0) is 13.3 Å². The molecular formula is C18H25N3O6S2. The molecule has 0 bridgehead atoms. The van der Waals surface area contributed by atoms with Gasteiger partial charge in [-0.25, -0.2) is 4.79 Å². The summed E-state index contributed by atoms with van der Waals surface area (Å²) in [6.07, 6.45) is -0.277.